The molecular formula is C37H55N5O7S. The summed E-state index contributed by atoms with van der Waals surface area (Å²) in [5.74, 6) is -2.58. The molecular weight excluding hydrogens is 659 g/mol. The summed E-state index contributed by atoms with van der Waals surface area (Å²) in [6.07, 6.45) is 3.54. The first-order chi connectivity index (χ1) is 23.8. The zero-order valence-electron chi connectivity index (χ0n) is 30.5. The van der Waals surface area contributed by atoms with Crippen LogP contribution >= 0.6 is 11.3 Å². The molecule has 2 heterocycles. The van der Waals surface area contributed by atoms with Crippen molar-refractivity contribution in [2.45, 2.75) is 110 Å². The smallest absolute Gasteiger partial charge is 0.306 e. The zero-order chi connectivity index (χ0) is 37.0. The molecule has 0 saturated carbocycles. The summed E-state index contributed by atoms with van der Waals surface area (Å²) in [5, 5.41) is 17.5. The molecule has 1 saturated heterocycles. The lowest BCUT2D eigenvalue weighted by Gasteiger charge is -2.38. The summed E-state index contributed by atoms with van der Waals surface area (Å²) in [6.45, 7) is 10.7. The molecule has 0 spiro atoms. The van der Waals surface area contributed by atoms with E-state index in [9.17, 15) is 29.1 Å². The molecule has 50 heavy (non-hydrogen) atoms. The number of nitrogens with one attached hydrogen (secondary N) is 2. The number of nitrogens with zero attached hydrogens (tertiary/aromatic N) is 3. The second-order valence-corrected chi connectivity index (χ2v) is 14.9. The van der Waals surface area contributed by atoms with E-state index in [2.05, 4.69) is 15.6 Å². The summed E-state index contributed by atoms with van der Waals surface area (Å²) in [4.78, 5) is 72.4. The Morgan fingerprint density at radius 1 is 1.10 bits per heavy atom. The van der Waals surface area contributed by atoms with Crippen LogP contribution in [0.25, 0.3) is 0 Å². The number of carboxylic acid groups (broad SMARTS) is 1. The standard InChI is InChI=1S/C37H55N5O7S/c1-8-24(4)32(40-34(45)29-16-12-13-17-41(29)6)36(46)42(7)30(23(2)3)20-31(49-22-43)35-39-28(21-50-35)33(44)38-27(18-25(5)37(47)48)19-26-14-10-9-11-15-26/h9-11,14-15,21-25,27,29-32H,8,12-13,16-20H2,1-7H3,(H,38,44)(H,40,45)(H,47,48)/t24-,25-,27+,29+,30+,31+,32-/m0/s1. The Kier molecular flexibility index (Phi) is 15.8. The molecule has 276 valence electrons. The van der Waals surface area contributed by atoms with Crippen molar-refractivity contribution in [1.82, 2.24) is 25.4 Å². The average Bonchev–Trinajstić information content (AvgIpc) is 3.59. The molecule has 0 radical (unpaired) electrons. The number of ether oxygens (including phenoxy) is 1. The van der Waals surface area contributed by atoms with Crippen LogP contribution in [0.1, 0.15) is 100 Å². The Hall–Kier alpha value is -3.84. The number of benzene rings is 1. The molecule has 1 aromatic heterocycles. The number of rotatable bonds is 19. The van der Waals surface area contributed by atoms with E-state index in [0.717, 1.165) is 31.4 Å². The van der Waals surface area contributed by atoms with E-state index in [1.165, 1.54) is 11.3 Å². The predicted molar refractivity (Wildman–Crippen MR) is 192 cm³/mol. The number of carbonyl (C=O) groups excluding carboxylic acids is 4. The lowest BCUT2D eigenvalue weighted by molar-refractivity contribution is -0.143. The third-order valence-electron chi connectivity index (χ3n) is 9.89. The number of hydrogen-bond donors (Lipinski definition) is 3. The predicted octanol–water partition coefficient (Wildman–Crippen LogP) is 4.70. The molecule has 0 bridgehead atoms. The van der Waals surface area contributed by atoms with Crippen LogP contribution in [0.5, 0.6) is 0 Å². The Labute approximate surface area is 300 Å². The first-order valence-corrected chi connectivity index (χ1v) is 18.5. The molecule has 3 N–H and O–H groups in total. The summed E-state index contributed by atoms with van der Waals surface area (Å²) in [7, 11) is 3.65. The molecule has 1 aliphatic rings. The van der Waals surface area contributed by atoms with Crippen molar-refractivity contribution in [3.05, 3.63) is 52.0 Å². The van der Waals surface area contributed by atoms with Gasteiger partial charge in [0.15, 0.2) is 6.10 Å². The monoisotopic (exact) mass is 713 g/mol. The minimum atomic E-state index is -0.944. The van der Waals surface area contributed by atoms with Gasteiger partial charge in [-0.2, -0.15) is 0 Å². The average molecular weight is 714 g/mol. The molecule has 1 aliphatic heterocycles. The minimum Gasteiger partial charge on any atom is -0.481 e. The van der Waals surface area contributed by atoms with Gasteiger partial charge in [0.1, 0.15) is 16.7 Å². The molecule has 0 unspecified atom stereocenters. The fraction of sp³-hybridized carbons (Fsp3) is 0.622. The first kappa shape index (κ1) is 40.6. The van der Waals surface area contributed by atoms with E-state index < -0.39 is 36.0 Å². The third-order valence-corrected chi connectivity index (χ3v) is 10.8. The minimum absolute atomic E-state index is 0.0443. The molecule has 13 heteroatoms. The van der Waals surface area contributed by atoms with Crippen molar-refractivity contribution in [1.29, 1.82) is 0 Å². The molecule has 1 aromatic carbocycles. The van der Waals surface area contributed by atoms with Crippen molar-refractivity contribution in [3.63, 3.8) is 0 Å². The van der Waals surface area contributed by atoms with Gasteiger partial charge in [0, 0.05) is 30.9 Å². The van der Waals surface area contributed by atoms with Crippen molar-refractivity contribution in [3.8, 4) is 0 Å². The Bertz CT molecular complexity index is 1420. The van der Waals surface area contributed by atoms with Gasteiger partial charge in [-0.15, -0.1) is 11.3 Å². The number of aromatic nitrogens is 1. The van der Waals surface area contributed by atoms with Crippen LogP contribution in [0.2, 0.25) is 0 Å². The number of amides is 3. The number of hydrogen-bond acceptors (Lipinski definition) is 9. The third kappa shape index (κ3) is 11.3. The van der Waals surface area contributed by atoms with Crippen molar-refractivity contribution >= 4 is 41.5 Å². The van der Waals surface area contributed by atoms with Gasteiger partial charge in [0.2, 0.25) is 11.8 Å². The fourth-order valence-corrected chi connectivity index (χ4v) is 7.37. The van der Waals surface area contributed by atoms with Crippen LogP contribution in [0.3, 0.4) is 0 Å². The van der Waals surface area contributed by atoms with Crippen molar-refractivity contribution in [2.24, 2.45) is 17.8 Å². The second-order valence-electron chi connectivity index (χ2n) is 14.0. The van der Waals surface area contributed by atoms with E-state index in [1.807, 2.05) is 70.0 Å². The summed E-state index contributed by atoms with van der Waals surface area (Å²) >= 11 is 1.17. The van der Waals surface area contributed by atoms with E-state index in [1.54, 1.807) is 24.3 Å². The van der Waals surface area contributed by atoms with Gasteiger partial charge in [-0.1, -0.05) is 77.8 Å². The van der Waals surface area contributed by atoms with Crippen molar-refractivity contribution in [2.75, 3.05) is 20.6 Å². The second kappa shape index (κ2) is 19.5. The van der Waals surface area contributed by atoms with Crippen molar-refractivity contribution < 1.29 is 33.8 Å². The van der Waals surface area contributed by atoms with Crippen LogP contribution in [0, 0.1) is 17.8 Å². The van der Waals surface area contributed by atoms with Gasteiger partial charge in [-0.25, -0.2) is 4.98 Å². The van der Waals surface area contributed by atoms with Gasteiger partial charge in [-0.3, -0.25) is 28.9 Å². The highest BCUT2D eigenvalue weighted by atomic mass is 32.1. The molecule has 2 aromatic rings. The van der Waals surface area contributed by atoms with Crippen LogP contribution in [-0.2, 0) is 30.3 Å². The topological polar surface area (TPSA) is 158 Å². The maximum Gasteiger partial charge on any atom is 0.306 e. The molecule has 7 atom stereocenters. The van der Waals surface area contributed by atoms with E-state index in [0.29, 0.717) is 24.3 Å². The SMILES string of the molecule is CC[C@H](C)[C@H](NC(=O)[C@H]1CCCCN1C)C(=O)N(C)[C@H](C[C@@H](OC=O)c1nc(C(=O)N[C@@H](Cc2ccccc2)C[C@H](C)C(=O)O)cs1)C(C)C. The lowest BCUT2D eigenvalue weighted by Crippen LogP contribution is -2.58. The highest BCUT2D eigenvalue weighted by Crippen LogP contribution is 2.30. The summed E-state index contributed by atoms with van der Waals surface area (Å²) < 4.78 is 5.51. The number of likely N-dealkylation sites (tertiary alicyclic amines) is 1. The van der Waals surface area contributed by atoms with Crippen LogP contribution < -0.4 is 10.6 Å². The molecule has 12 nitrogen and oxygen atoms in total. The number of aliphatic carboxylic acids is 1. The number of piperidine rings is 1. The lowest BCUT2D eigenvalue weighted by atomic mass is 9.92. The Balaban J connectivity index is 1.78. The van der Waals surface area contributed by atoms with E-state index >= 15 is 0 Å². The molecule has 1 fully saturated rings. The normalized spacial score (nSPS) is 18.6. The molecule has 0 aliphatic carbocycles. The van der Waals surface area contributed by atoms with Gasteiger partial charge >= 0.3 is 5.97 Å². The number of carbonyl (C=O) groups is 5. The van der Waals surface area contributed by atoms with Gasteiger partial charge < -0.3 is 25.4 Å². The van der Waals surface area contributed by atoms with Crippen LogP contribution in [0.15, 0.2) is 35.7 Å². The quantitative estimate of drug-likeness (QED) is 0.176. The van der Waals surface area contributed by atoms with E-state index in [4.69, 9.17) is 4.74 Å². The summed E-state index contributed by atoms with van der Waals surface area (Å²) in [6, 6.07) is 7.69. The number of carboxylic acids is 1. The number of likely N-dealkylation sites (N-methyl/N-ethyl adjacent to an activating group) is 2. The number of thiazole rings is 1. The summed E-state index contributed by atoms with van der Waals surface area (Å²) in [5.41, 5.74) is 1.09. The molecule has 3 rings (SSSR count). The largest absolute Gasteiger partial charge is 0.481 e. The van der Waals surface area contributed by atoms with Gasteiger partial charge in [0.05, 0.1) is 12.0 Å². The van der Waals surface area contributed by atoms with Crippen LogP contribution in [-0.4, -0.2) is 94.9 Å². The Morgan fingerprint density at radius 2 is 1.80 bits per heavy atom. The highest BCUT2D eigenvalue weighted by Gasteiger charge is 2.37. The van der Waals surface area contributed by atoms with E-state index in [-0.39, 0.29) is 54.3 Å². The zero-order valence-corrected chi connectivity index (χ0v) is 31.3. The Morgan fingerprint density at radius 3 is 2.40 bits per heavy atom. The fourth-order valence-electron chi connectivity index (χ4n) is 6.52. The first-order valence-electron chi connectivity index (χ1n) is 17.7. The maximum atomic E-state index is 14.1. The highest BCUT2D eigenvalue weighted by molar-refractivity contribution is 7.09. The van der Waals surface area contributed by atoms with Gasteiger partial charge in [0.25, 0.3) is 12.4 Å². The van der Waals surface area contributed by atoms with Gasteiger partial charge in [-0.05, 0) is 56.7 Å². The van der Waals surface area contributed by atoms with Crippen LogP contribution in [0.4, 0.5) is 0 Å². The molecule has 3 amide bonds. The maximum absolute atomic E-state index is 14.1.